The summed E-state index contributed by atoms with van der Waals surface area (Å²) in [6.07, 6.45) is 9.73. The number of amides is 1. The summed E-state index contributed by atoms with van der Waals surface area (Å²) >= 11 is 0. The molecule has 2 aliphatic carbocycles. The highest BCUT2D eigenvalue weighted by molar-refractivity contribution is 6.03. The van der Waals surface area contributed by atoms with Crippen LogP contribution in [0.1, 0.15) is 85.7 Å². The number of unbranched alkanes of at least 4 members (excludes halogenated alkanes) is 2. The summed E-state index contributed by atoms with van der Waals surface area (Å²) in [4.78, 5) is 33.2. The van der Waals surface area contributed by atoms with Crippen molar-refractivity contribution >= 4 is 18.1 Å². The number of fused-ring (bicyclic) bond motifs is 2. The maximum Gasteiger partial charge on any atom is 0.410 e. The zero-order chi connectivity index (χ0) is 42.3. The van der Waals surface area contributed by atoms with Gasteiger partial charge in [-0.2, -0.15) is 0 Å². The number of carbonyl (C=O) groups is 2. The Morgan fingerprint density at radius 3 is 2.50 bits per heavy atom. The number of aldehydes is 1. The average Bonchev–Trinajstić information content (AvgIpc) is 3.27. The van der Waals surface area contributed by atoms with Crippen molar-refractivity contribution in [1.82, 2.24) is 4.90 Å². The summed E-state index contributed by atoms with van der Waals surface area (Å²) in [5.74, 6) is -0.278. The number of nitrogens with zero attached hydrogens (tertiary/aromatic N) is 2. The summed E-state index contributed by atoms with van der Waals surface area (Å²) in [5.41, 5.74) is 4.08. The Kier molecular flexibility index (Phi) is 16.3. The third-order valence-electron chi connectivity index (χ3n) is 11.7. The Labute approximate surface area is 353 Å². The average molecular weight is 825 g/mol. The molecule has 322 valence electrons. The first-order valence-electron chi connectivity index (χ1n) is 21.3. The van der Waals surface area contributed by atoms with Crippen LogP contribution in [0.2, 0.25) is 0 Å². The molecule has 6 unspecified atom stereocenters. The van der Waals surface area contributed by atoms with Crippen LogP contribution in [0, 0.1) is 17.8 Å². The van der Waals surface area contributed by atoms with Crippen molar-refractivity contribution in [1.29, 1.82) is 0 Å². The van der Waals surface area contributed by atoms with Crippen molar-refractivity contribution in [3.05, 3.63) is 114 Å². The lowest BCUT2D eigenvalue weighted by Gasteiger charge is -2.59. The molecular formula is C48H60N2O10. The third kappa shape index (κ3) is 10.3. The van der Waals surface area contributed by atoms with Gasteiger partial charge in [0.1, 0.15) is 43.3 Å². The smallest absolute Gasteiger partial charge is 0.410 e. The largest absolute Gasteiger partial charge is 0.459 e. The second kappa shape index (κ2) is 22.0. The number of rotatable bonds is 23. The van der Waals surface area contributed by atoms with Gasteiger partial charge in [0.05, 0.1) is 31.5 Å². The van der Waals surface area contributed by atoms with Crippen LogP contribution in [0.5, 0.6) is 17.2 Å². The van der Waals surface area contributed by atoms with E-state index < -0.39 is 23.8 Å². The topological polar surface area (TPSA) is 146 Å². The van der Waals surface area contributed by atoms with Crippen LogP contribution in [-0.2, 0) is 25.7 Å². The molecule has 1 aliphatic heterocycles. The highest BCUT2D eigenvalue weighted by atomic mass is 16.7. The van der Waals surface area contributed by atoms with Crippen molar-refractivity contribution < 1.29 is 48.3 Å². The fourth-order valence-corrected chi connectivity index (χ4v) is 9.26. The second-order valence-electron chi connectivity index (χ2n) is 15.6. The van der Waals surface area contributed by atoms with E-state index >= 15 is 0 Å². The van der Waals surface area contributed by atoms with Crippen molar-refractivity contribution in [3.63, 3.8) is 0 Å². The molecule has 0 bridgehead atoms. The Hall–Kier alpha value is -5.01. The van der Waals surface area contributed by atoms with Crippen LogP contribution in [-0.4, -0.2) is 91.7 Å². The van der Waals surface area contributed by atoms with Crippen LogP contribution in [0.25, 0.3) is 0 Å². The normalized spacial score (nSPS) is 23.4. The molecule has 1 fully saturated rings. The van der Waals surface area contributed by atoms with E-state index in [1.165, 1.54) is 7.11 Å². The Bertz CT molecular complexity index is 1930. The van der Waals surface area contributed by atoms with Gasteiger partial charge in [-0.25, -0.2) is 4.79 Å². The Balaban J connectivity index is 1.45. The molecule has 12 heteroatoms. The molecule has 60 heavy (non-hydrogen) atoms. The number of aliphatic hydroxyl groups excluding tert-OH is 2. The number of aliphatic hydroxyl groups is 2. The van der Waals surface area contributed by atoms with Crippen LogP contribution in [0.4, 0.5) is 4.79 Å². The molecule has 3 aromatic rings. The Morgan fingerprint density at radius 1 is 0.983 bits per heavy atom. The summed E-state index contributed by atoms with van der Waals surface area (Å²) in [6.45, 7) is 7.38. The van der Waals surface area contributed by atoms with E-state index in [9.17, 15) is 19.8 Å². The van der Waals surface area contributed by atoms with Crippen LogP contribution in [0.3, 0.4) is 0 Å². The van der Waals surface area contributed by atoms with Crippen molar-refractivity contribution in [2.24, 2.45) is 22.9 Å². The highest BCUT2D eigenvalue weighted by Crippen LogP contribution is 2.62. The summed E-state index contributed by atoms with van der Waals surface area (Å²) in [5, 5.41) is 24.4. The van der Waals surface area contributed by atoms with Gasteiger partial charge in [-0.3, -0.25) is 9.69 Å². The molecule has 6 atom stereocenters. The summed E-state index contributed by atoms with van der Waals surface area (Å²) < 4.78 is 32.5. The number of carbonyl (C=O) groups excluding carboxylic acids is 2. The molecule has 1 saturated carbocycles. The SMILES string of the molecule is C=CCOC12Oc3ccc(Oc4cccc(C=O)c4)cc3C3C(CCCCO)C(CCCCO)C=C(C(=NOC)CC1N(CCC)C(=O)OCCOCc1ccccc1)C32. The molecular weight excluding hydrogens is 765 g/mol. The fraction of sp³-hybridized carbons (Fsp3) is 0.479. The number of allylic oxidation sites excluding steroid dienone is 1. The predicted molar refractivity (Wildman–Crippen MR) is 228 cm³/mol. The zero-order valence-corrected chi connectivity index (χ0v) is 34.9. The third-order valence-corrected chi connectivity index (χ3v) is 11.7. The van der Waals surface area contributed by atoms with Gasteiger partial charge >= 0.3 is 6.09 Å². The highest BCUT2D eigenvalue weighted by Gasteiger charge is 2.65. The molecule has 1 heterocycles. The first-order valence-corrected chi connectivity index (χ1v) is 21.3. The minimum Gasteiger partial charge on any atom is -0.459 e. The Morgan fingerprint density at radius 2 is 1.77 bits per heavy atom. The van der Waals surface area contributed by atoms with Gasteiger partial charge in [-0.15, -0.1) is 6.58 Å². The summed E-state index contributed by atoms with van der Waals surface area (Å²) in [7, 11) is 1.53. The molecule has 3 aromatic carbocycles. The maximum absolute atomic E-state index is 14.4. The quantitative estimate of drug-likeness (QED) is 0.0413. The number of hydrogen-bond acceptors (Lipinski definition) is 11. The van der Waals surface area contributed by atoms with Crippen LogP contribution in [0.15, 0.2) is 102 Å². The van der Waals surface area contributed by atoms with Crippen molar-refractivity contribution in [3.8, 4) is 17.2 Å². The predicted octanol–water partition coefficient (Wildman–Crippen LogP) is 8.62. The first kappa shape index (κ1) is 44.5. The lowest BCUT2D eigenvalue weighted by molar-refractivity contribution is -0.255. The van der Waals surface area contributed by atoms with Gasteiger partial charge in [0.25, 0.3) is 0 Å². The van der Waals surface area contributed by atoms with Crippen LogP contribution >= 0.6 is 0 Å². The van der Waals surface area contributed by atoms with Gasteiger partial charge in [-0.05, 0) is 85.4 Å². The van der Waals surface area contributed by atoms with E-state index in [4.69, 9.17) is 28.5 Å². The molecule has 1 amide bonds. The lowest BCUT2D eigenvalue weighted by atomic mass is 9.55. The standard InChI is InChI=1S/C48H60N2O10/c1-4-22-50(47(54)57-27-26-56-33-34-14-7-6-8-15-34)44-31-42(49-55-3)40-29-36(17-9-11-23-51)39(19-10-12-24-52)45-41-30-38(59-37-18-13-16-35(28-37)32-53)20-21-43(41)60-48(44,46(40)45)58-25-5-2/h5-8,13-16,18,20-21,28-30,32,36,39,44-46,51-52H,2,4,9-12,17,19,22-27,31,33H2,1,3H3. The van der Waals surface area contributed by atoms with Crippen molar-refractivity contribution in [2.45, 2.75) is 82.6 Å². The maximum atomic E-state index is 14.4. The molecule has 6 rings (SSSR count). The minimum atomic E-state index is -1.41. The van der Waals surface area contributed by atoms with E-state index in [0.717, 1.165) is 48.7 Å². The van der Waals surface area contributed by atoms with E-state index in [1.807, 2.05) is 61.5 Å². The summed E-state index contributed by atoms with van der Waals surface area (Å²) in [6, 6.07) is 21.9. The first-order chi connectivity index (χ1) is 29.4. The molecule has 2 N–H and O–H groups in total. The van der Waals surface area contributed by atoms with Gasteiger partial charge in [0, 0.05) is 43.2 Å². The van der Waals surface area contributed by atoms with E-state index in [0.29, 0.717) is 60.9 Å². The number of benzene rings is 3. The van der Waals surface area contributed by atoms with Gasteiger partial charge in [-0.1, -0.05) is 79.5 Å². The molecule has 3 aliphatic rings. The van der Waals surface area contributed by atoms with E-state index in [-0.39, 0.29) is 57.2 Å². The van der Waals surface area contributed by atoms with Crippen molar-refractivity contribution in [2.75, 3.05) is 46.7 Å². The van der Waals surface area contributed by atoms with E-state index in [1.54, 1.807) is 29.2 Å². The fourth-order valence-electron chi connectivity index (χ4n) is 9.26. The number of hydrogen-bond donors (Lipinski definition) is 2. The zero-order valence-electron chi connectivity index (χ0n) is 34.9. The minimum absolute atomic E-state index is 0.0443. The molecule has 12 nitrogen and oxygen atoms in total. The van der Waals surface area contributed by atoms with E-state index in [2.05, 4.69) is 17.8 Å². The molecule has 0 saturated heterocycles. The lowest BCUT2D eigenvalue weighted by Crippen LogP contribution is -2.70. The molecule has 0 spiro atoms. The number of oxime groups is 1. The van der Waals surface area contributed by atoms with Gasteiger partial charge < -0.3 is 38.7 Å². The van der Waals surface area contributed by atoms with Gasteiger partial charge in [0.2, 0.25) is 5.79 Å². The number of ether oxygens (including phenoxy) is 5. The molecule has 0 aromatic heterocycles. The monoisotopic (exact) mass is 824 g/mol. The second-order valence-corrected chi connectivity index (χ2v) is 15.6. The molecule has 0 radical (unpaired) electrons. The van der Waals surface area contributed by atoms with Crippen LogP contribution < -0.4 is 9.47 Å². The van der Waals surface area contributed by atoms with Gasteiger partial charge in [0.15, 0.2) is 0 Å².